The van der Waals surface area contributed by atoms with Gasteiger partial charge in [-0.1, -0.05) is 11.6 Å². The van der Waals surface area contributed by atoms with Gasteiger partial charge in [0.05, 0.1) is 11.7 Å². The largest absolute Gasteiger partial charge is 0.399 e. The number of morpholine rings is 1. The lowest BCUT2D eigenvalue weighted by Crippen LogP contribution is -2.51. The molecular weight excluding hydrogens is 248 g/mol. The van der Waals surface area contributed by atoms with Crippen molar-refractivity contribution in [3.05, 3.63) is 28.8 Å². The molecule has 0 amide bonds. The monoisotopic (exact) mass is 268 g/mol. The van der Waals surface area contributed by atoms with Crippen LogP contribution in [0.15, 0.2) is 18.2 Å². The van der Waals surface area contributed by atoms with E-state index in [2.05, 4.69) is 25.7 Å². The zero-order valence-electron chi connectivity index (χ0n) is 11.2. The number of ether oxygens (including phenoxy) is 1. The summed E-state index contributed by atoms with van der Waals surface area (Å²) in [6.07, 6.45) is 0.244. The first-order chi connectivity index (χ1) is 8.35. The minimum Gasteiger partial charge on any atom is -0.399 e. The second kappa shape index (κ2) is 5.08. The number of rotatable bonds is 2. The molecule has 0 bridgehead atoms. The molecule has 0 saturated carbocycles. The highest BCUT2D eigenvalue weighted by molar-refractivity contribution is 6.31. The third-order valence-corrected chi connectivity index (χ3v) is 3.47. The number of nitrogens with two attached hydrogens (primary N) is 1. The van der Waals surface area contributed by atoms with Gasteiger partial charge < -0.3 is 10.5 Å². The second-order valence-corrected chi connectivity index (χ2v) is 6.12. The molecule has 1 aromatic rings. The highest BCUT2D eigenvalue weighted by Crippen LogP contribution is 2.25. The highest BCUT2D eigenvalue weighted by atomic mass is 35.5. The molecule has 2 N–H and O–H groups in total. The van der Waals surface area contributed by atoms with Gasteiger partial charge in [0, 0.05) is 30.3 Å². The maximum atomic E-state index is 6.21. The van der Waals surface area contributed by atoms with Crippen LogP contribution >= 0.6 is 11.6 Å². The van der Waals surface area contributed by atoms with Gasteiger partial charge in [-0.2, -0.15) is 0 Å². The van der Waals surface area contributed by atoms with Crippen molar-refractivity contribution in [1.82, 2.24) is 4.90 Å². The van der Waals surface area contributed by atoms with E-state index in [9.17, 15) is 0 Å². The molecule has 1 heterocycles. The smallest absolute Gasteiger partial charge is 0.0757 e. The van der Waals surface area contributed by atoms with Gasteiger partial charge in [-0.05, 0) is 44.5 Å². The van der Waals surface area contributed by atoms with Gasteiger partial charge in [-0.25, -0.2) is 0 Å². The summed E-state index contributed by atoms with van der Waals surface area (Å²) in [4.78, 5) is 2.37. The zero-order valence-corrected chi connectivity index (χ0v) is 12.0. The Labute approximate surface area is 114 Å². The van der Waals surface area contributed by atoms with Gasteiger partial charge in [0.15, 0.2) is 0 Å². The van der Waals surface area contributed by atoms with E-state index >= 15 is 0 Å². The van der Waals surface area contributed by atoms with Crippen LogP contribution in [0.25, 0.3) is 0 Å². The van der Waals surface area contributed by atoms with Crippen LogP contribution in [0.5, 0.6) is 0 Å². The molecular formula is C14H21ClN2O. The van der Waals surface area contributed by atoms with Crippen LogP contribution in [0.3, 0.4) is 0 Å². The van der Waals surface area contributed by atoms with Crippen molar-refractivity contribution in [1.29, 1.82) is 0 Å². The van der Waals surface area contributed by atoms with Gasteiger partial charge >= 0.3 is 0 Å². The van der Waals surface area contributed by atoms with Crippen molar-refractivity contribution in [3.8, 4) is 0 Å². The predicted molar refractivity (Wildman–Crippen MR) is 75.8 cm³/mol. The quantitative estimate of drug-likeness (QED) is 0.839. The number of halogens is 1. The summed E-state index contributed by atoms with van der Waals surface area (Å²) in [6.45, 7) is 9.00. The number of anilines is 1. The molecule has 1 saturated heterocycles. The molecule has 2 rings (SSSR count). The van der Waals surface area contributed by atoms with Gasteiger partial charge in [-0.3, -0.25) is 4.90 Å². The van der Waals surface area contributed by atoms with Crippen LogP contribution in [0.1, 0.15) is 26.3 Å². The minimum absolute atomic E-state index is 0.107. The first-order valence-electron chi connectivity index (χ1n) is 6.30. The van der Waals surface area contributed by atoms with Crippen molar-refractivity contribution in [2.75, 3.05) is 18.8 Å². The second-order valence-electron chi connectivity index (χ2n) is 5.71. The maximum absolute atomic E-state index is 6.21. The lowest BCUT2D eigenvalue weighted by atomic mass is 10.0. The SMILES string of the molecule is CC1CN(Cc2cc(N)ccc2Cl)CC(C)(C)O1. The number of hydrogen-bond acceptors (Lipinski definition) is 3. The average molecular weight is 269 g/mol. The summed E-state index contributed by atoms with van der Waals surface area (Å²) in [6, 6.07) is 5.65. The van der Waals surface area contributed by atoms with E-state index in [4.69, 9.17) is 22.1 Å². The predicted octanol–water partition coefficient (Wildman–Crippen LogP) is 2.92. The van der Waals surface area contributed by atoms with E-state index in [0.717, 1.165) is 35.9 Å². The van der Waals surface area contributed by atoms with E-state index in [1.807, 2.05) is 18.2 Å². The molecule has 1 unspecified atom stereocenters. The molecule has 0 spiro atoms. The van der Waals surface area contributed by atoms with Gasteiger partial charge in [-0.15, -0.1) is 0 Å². The highest BCUT2D eigenvalue weighted by Gasteiger charge is 2.31. The van der Waals surface area contributed by atoms with Gasteiger partial charge in [0.2, 0.25) is 0 Å². The lowest BCUT2D eigenvalue weighted by molar-refractivity contribution is -0.130. The van der Waals surface area contributed by atoms with Crippen LogP contribution in [-0.2, 0) is 11.3 Å². The minimum atomic E-state index is -0.107. The number of benzene rings is 1. The number of nitrogen functional groups attached to an aromatic ring is 1. The molecule has 1 fully saturated rings. The summed E-state index contributed by atoms with van der Waals surface area (Å²) in [5, 5.41) is 0.779. The van der Waals surface area contributed by atoms with Crippen molar-refractivity contribution in [2.45, 2.75) is 39.0 Å². The van der Waals surface area contributed by atoms with Crippen LogP contribution in [-0.4, -0.2) is 29.7 Å². The Morgan fingerprint density at radius 2 is 2.22 bits per heavy atom. The van der Waals surface area contributed by atoms with Gasteiger partial charge in [0.1, 0.15) is 0 Å². The Hall–Kier alpha value is -0.770. The topological polar surface area (TPSA) is 38.5 Å². The molecule has 1 aliphatic heterocycles. The number of hydrogen-bond donors (Lipinski definition) is 1. The molecule has 3 nitrogen and oxygen atoms in total. The summed E-state index contributed by atoms with van der Waals surface area (Å²) < 4.78 is 5.90. The van der Waals surface area contributed by atoms with Crippen LogP contribution in [0, 0.1) is 0 Å². The molecule has 0 aliphatic carbocycles. The van der Waals surface area contributed by atoms with Crippen molar-refractivity contribution >= 4 is 17.3 Å². The molecule has 0 radical (unpaired) electrons. The third-order valence-electron chi connectivity index (χ3n) is 3.10. The first kappa shape index (κ1) is 13.7. The zero-order chi connectivity index (χ0) is 13.3. The van der Waals surface area contributed by atoms with E-state index in [0.29, 0.717) is 0 Å². The number of nitrogens with zero attached hydrogens (tertiary/aromatic N) is 1. The Morgan fingerprint density at radius 1 is 1.50 bits per heavy atom. The molecule has 18 heavy (non-hydrogen) atoms. The van der Waals surface area contributed by atoms with E-state index in [1.165, 1.54) is 0 Å². The standard InChI is InChI=1S/C14H21ClN2O/c1-10-7-17(9-14(2,3)18-10)8-11-6-12(16)4-5-13(11)15/h4-6,10H,7-9,16H2,1-3H3. The van der Waals surface area contributed by atoms with Crippen LogP contribution in [0.2, 0.25) is 5.02 Å². The van der Waals surface area contributed by atoms with Crippen molar-refractivity contribution in [2.24, 2.45) is 0 Å². The van der Waals surface area contributed by atoms with Gasteiger partial charge in [0.25, 0.3) is 0 Å². The average Bonchev–Trinajstić information content (AvgIpc) is 2.20. The fourth-order valence-electron chi connectivity index (χ4n) is 2.66. The molecule has 1 aromatic carbocycles. The van der Waals surface area contributed by atoms with Crippen LogP contribution < -0.4 is 5.73 Å². The Balaban J connectivity index is 2.11. The summed E-state index contributed by atoms with van der Waals surface area (Å²) in [5.41, 5.74) is 7.55. The van der Waals surface area contributed by atoms with E-state index < -0.39 is 0 Å². The normalized spacial score (nSPS) is 24.1. The summed E-state index contributed by atoms with van der Waals surface area (Å²) in [5.74, 6) is 0. The molecule has 0 aromatic heterocycles. The lowest BCUT2D eigenvalue weighted by Gasteiger charge is -2.41. The summed E-state index contributed by atoms with van der Waals surface area (Å²) in [7, 11) is 0. The Kier molecular flexibility index (Phi) is 3.85. The summed E-state index contributed by atoms with van der Waals surface area (Å²) >= 11 is 6.21. The Morgan fingerprint density at radius 3 is 2.89 bits per heavy atom. The first-order valence-corrected chi connectivity index (χ1v) is 6.67. The molecule has 1 aliphatic rings. The van der Waals surface area contributed by atoms with E-state index in [-0.39, 0.29) is 11.7 Å². The third kappa shape index (κ3) is 3.37. The van der Waals surface area contributed by atoms with Crippen molar-refractivity contribution < 1.29 is 4.74 Å². The fraction of sp³-hybridized carbons (Fsp3) is 0.571. The van der Waals surface area contributed by atoms with Crippen LogP contribution in [0.4, 0.5) is 5.69 Å². The molecule has 100 valence electrons. The van der Waals surface area contributed by atoms with Crippen molar-refractivity contribution in [3.63, 3.8) is 0 Å². The van der Waals surface area contributed by atoms with E-state index in [1.54, 1.807) is 0 Å². The maximum Gasteiger partial charge on any atom is 0.0757 e. The fourth-order valence-corrected chi connectivity index (χ4v) is 2.84. The Bertz CT molecular complexity index is 434. The molecule has 1 atom stereocenters. The molecule has 4 heteroatoms.